The van der Waals surface area contributed by atoms with Gasteiger partial charge < -0.3 is 9.47 Å². The molecule has 0 bridgehead atoms. The number of halogens is 1. The quantitative estimate of drug-likeness (QED) is 0.609. The largest absolute Gasteiger partial charge is 0.497 e. The number of unbranched alkanes of at least 4 members (excludes halogenated alkanes) is 2. The molecule has 2 rings (SSSR count). The minimum Gasteiger partial charge on any atom is -0.497 e. The van der Waals surface area contributed by atoms with Gasteiger partial charge >= 0.3 is 0 Å². The summed E-state index contributed by atoms with van der Waals surface area (Å²) in [6.07, 6.45) is 4.39. The number of rotatable bonds is 8. The second-order valence-corrected chi connectivity index (χ2v) is 5.73. The van der Waals surface area contributed by atoms with Crippen molar-refractivity contribution >= 4 is 0 Å². The van der Waals surface area contributed by atoms with E-state index in [1.165, 1.54) is 24.5 Å². The molecule has 0 aliphatic carbocycles. The van der Waals surface area contributed by atoms with Crippen LogP contribution in [0.3, 0.4) is 0 Å². The van der Waals surface area contributed by atoms with E-state index in [4.69, 9.17) is 9.47 Å². The normalized spacial score (nSPS) is 10.8. The van der Waals surface area contributed by atoms with Crippen LogP contribution < -0.4 is 4.74 Å². The lowest BCUT2D eigenvalue weighted by Crippen LogP contribution is -1.97. The van der Waals surface area contributed by atoms with E-state index in [-0.39, 0.29) is 5.82 Å². The smallest absolute Gasteiger partial charge is 0.131 e. The number of hydrogen-bond acceptors (Lipinski definition) is 2. The molecule has 23 heavy (non-hydrogen) atoms. The van der Waals surface area contributed by atoms with Crippen molar-refractivity contribution in [1.82, 2.24) is 0 Å². The van der Waals surface area contributed by atoms with Crippen LogP contribution in [0.4, 0.5) is 4.39 Å². The van der Waals surface area contributed by atoms with Crippen molar-refractivity contribution < 1.29 is 13.9 Å². The molecule has 0 aliphatic rings. The highest BCUT2D eigenvalue weighted by Crippen LogP contribution is 2.31. The minimum absolute atomic E-state index is 0.220. The molecule has 0 aliphatic heterocycles. The lowest BCUT2D eigenvalue weighted by atomic mass is 9.93. The molecule has 0 radical (unpaired) electrons. The number of aryl methyl sites for hydroxylation is 1. The van der Waals surface area contributed by atoms with Crippen molar-refractivity contribution in [2.45, 2.75) is 39.2 Å². The van der Waals surface area contributed by atoms with E-state index in [2.05, 4.69) is 13.0 Å². The zero-order valence-corrected chi connectivity index (χ0v) is 14.2. The van der Waals surface area contributed by atoms with Crippen LogP contribution in [0.5, 0.6) is 5.75 Å². The molecule has 2 aromatic rings. The second-order valence-electron chi connectivity index (χ2n) is 5.73. The summed E-state index contributed by atoms with van der Waals surface area (Å²) < 4.78 is 24.8. The monoisotopic (exact) mass is 316 g/mol. The van der Waals surface area contributed by atoms with Crippen LogP contribution in [-0.2, 0) is 17.8 Å². The molecule has 0 amide bonds. The summed E-state index contributed by atoms with van der Waals surface area (Å²) in [4.78, 5) is 0. The number of methoxy groups -OCH3 is 2. The molecule has 2 nitrogen and oxygen atoms in total. The molecule has 0 fully saturated rings. The third kappa shape index (κ3) is 4.55. The SMILES string of the molecule is CCCCCc1cc(COC)ccc1-c1cc(OC)ccc1F. The average molecular weight is 316 g/mol. The van der Waals surface area contributed by atoms with E-state index in [1.807, 2.05) is 12.1 Å². The Morgan fingerprint density at radius 2 is 1.78 bits per heavy atom. The minimum atomic E-state index is -0.220. The van der Waals surface area contributed by atoms with Crippen LogP contribution in [0.15, 0.2) is 36.4 Å². The summed E-state index contributed by atoms with van der Waals surface area (Å²) in [6, 6.07) is 11.0. The Kier molecular flexibility index (Phi) is 6.60. The van der Waals surface area contributed by atoms with Crippen LogP contribution in [0.25, 0.3) is 11.1 Å². The Labute approximate surface area is 138 Å². The first-order valence-electron chi connectivity index (χ1n) is 8.14. The van der Waals surface area contributed by atoms with Gasteiger partial charge in [0.25, 0.3) is 0 Å². The number of ether oxygens (including phenoxy) is 2. The van der Waals surface area contributed by atoms with Crippen molar-refractivity contribution in [2.75, 3.05) is 14.2 Å². The fourth-order valence-corrected chi connectivity index (χ4v) is 2.78. The van der Waals surface area contributed by atoms with Gasteiger partial charge in [0.15, 0.2) is 0 Å². The maximum Gasteiger partial charge on any atom is 0.131 e. The average Bonchev–Trinajstić information content (AvgIpc) is 2.56. The second kappa shape index (κ2) is 8.68. The van der Waals surface area contributed by atoms with Gasteiger partial charge in [0, 0.05) is 12.7 Å². The van der Waals surface area contributed by atoms with Crippen molar-refractivity contribution in [1.29, 1.82) is 0 Å². The first-order chi connectivity index (χ1) is 11.2. The lowest BCUT2D eigenvalue weighted by Gasteiger charge is -2.14. The molecule has 0 atom stereocenters. The molecule has 0 N–H and O–H groups in total. The predicted octanol–water partition coefficient (Wildman–Crippen LogP) is 5.38. The molecule has 0 heterocycles. The lowest BCUT2D eigenvalue weighted by molar-refractivity contribution is 0.185. The number of hydrogen-bond donors (Lipinski definition) is 0. The topological polar surface area (TPSA) is 18.5 Å². The molecule has 2 aromatic carbocycles. The summed E-state index contributed by atoms with van der Waals surface area (Å²) in [5.41, 5.74) is 3.82. The van der Waals surface area contributed by atoms with E-state index in [1.54, 1.807) is 26.4 Å². The van der Waals surface area contributed by atoms with Gasteiger partial charge in [0.05, 0.1) is 13.7 Å². The zero-order valence-electron chi connectivity index (χ0n) is 14.2. The van der Waals surface area contributed by atoms with Gasteiger partial charge in [-0.25, -0.2) is 4.39 Å². The van der Waals surface area contributed by atoms with Crippen molar-refractivity contribution in [3.63, 3.8) is 0 Å². The highest BCUT2D eigenvalue weighted by Gasteiger charge is 2.12. The van der Waals surface area contributed by atoms with E-state index >= 15 is 0 Å². The molecular formula is C20H25FO2. The van der Waals surface area contributed by atoms with E-state index in [0.717, 1.165) is 24.0 Å². The Hall–Kier alpha value is -1.87. The van der Waals surface area contributed by atoms with Crippen molar-refractivity contribution in [3.05, 3.63) is 53.3 Å². The molecule has 0 spiro atoms. The first-order valence-corrected chi connectivity index (χ1v) is 8.14. The van der Waals surface area contributed by atoms with E-state index < -0.39 is 0 Å². The maximum absolute atomic E-state index is 14.3. The van der Waals surface area contributed by atoms with Crippen molar-refractivity contribution in [3.8, 4) is 16.9 Å². The third-order valence-electron chi connectivity index (χ3n) is 3.99. The Morgan fingerprint density at radius 1 is 0.957 bits per heavy atom. The maximum atomic E-state index is 14.3. The fourth-order valence-electron chi connectivity index (χ4n) is 2.78. The van der Waals surface area contributed by atoms with Gasteiger partial charge in [-0.05, 0) is 47.7 Å². The zero-order chi connectivity index (χ0) is 16.7. The van der Waals surface area contributed by atoms with Crippen LogP contribution >= 0.6 is 0 Å². The Morgan fingerprint density at radius 3 is 2.48 bits per heavy atom. The van der Waals surface area contributed by atoms with Gasteiger partial charge in [-0.15, -0.1) is 0 Å². The van der Waals surface area contributed by atoms with Crippen LogP contribution in [0, 0.1) is 5.82 Å². The van der Waals surface area contributed by atoms with Gasteiger partial charge in [0.2, 0.25) is 0 Å². The Bertz CT molecular complexity index is 638. The standard InChI is InChI=1S/C20H25FO2/c1-4-5-6-7-16-12-15(14-22-2)8-10-18(16)19-13-17(23-3)9-11-20(19)21/h8-13H,4-7,14H2,1-3H3. The third-order valence-corrected chi connectivity index (χ3v) is 3.99. The molecule has 0 saturated heterocycles. The van der Waals surface area contributed by atoms with Gasteiger partial charge in [-0.1, -0.05) is 38.0 Å². The first kappa shape index (κ1) is 17.5. The van der Waals surface area contributed by atoms with Gasteiger partial charge in [-0.3, -0.25) is 0 Å². The fraction of sp³-hybridized carbons (Fsp3) is 0.400. The molecule has 124 valence electrons. The number of benzene rings is 2. The van der Waals surface area contributed by atoms with Crippen LogP contribution in [0.1, 0.15) is 37.3 Å². The van der Waals surface area contributed by atoms with Crippen molar-refractivity contribution in [2.24, 2.45) is 0 Å². The molecular weight excluding hydrogens is 291 g/mol. The summed E-state index contributed by atoms with van der Waals surface area (Å²) in [6.45, 7) is 2.76. The summed E-state index contributed by atoms with van der Waals surface area (Å²) in [5.74, 6) is 0.448. The highest BCUT2D eigenvalue weighted by atomic mass is 19.1. The van der Waals surface area contributed by atoms with Crippen LogP contribution in [-0.4, -0.2) is 14.2 Å². The summed E-state index contributed by atoms with van der Waals surface area (Å²) >= 11 is 0. The predicted molar refractivity (Wildman–Crippen MR) is 92.3 cm³/mol. The van der Waals surface area contributed by atoms with E-state index in [9.17, 15) is 4.39 Å². The van der Waals surface area contributed by atoms with Gasteiger partial charge in [-0.2, -0.15) is 0 Å². The van der Waals surface area contributed by atoms with Gasteiger partial charge in [0.1, 0.15) is 11.6 Å². The molecule has 0 saturated carbocycles. The Balaban J connectivity index is 2.43. The highest BCUT2D eigenvalue weighted by molar-refractivity contribution is 5.70. The van der Waals surface area contributed by atoms with Crippen LogP contribution in [0.2, 0.25) is 0 Å². The van der Waals surface area contributed by atoms with E-state index in [0.29, 0.717) is 17.9 Å². The molecule has 0 aromatic heterocycles. The summed E-state index contributed by atoms with van der Waals surface area (Å²) in [5, 5.41) is 0. The molecule has 3 heteroatoms. The molecule has 0 unspecified atom stereocenters. The summed E-state index contributed by atoms with van der Waals surface area (Å²) in [7, 11) is 3.28.